The van der Waals surface area contributed by atoms with Crippen molar-refractivity contribution in [3.63, 3.8) is 0 Å². The zero-order valence-electron chi connectivity index (χ0n) is 11.7. The van der Waals surface area contributed by atoms with E-state index in [9.17, 15) is 10.1 Å². The van der Waals surface area contributed by atoms with Gasteiger partial charge in [-0.2, -0.15) is 5.26 Å². The van der Waals surface area contributed by atoms with Crippen LogP contribution in [0.3, 0.4) is 0 Å². The van der Waals surface area contributed by atoms with Gasteiger partial charge in [0.2, 0.25) is 5.91 Å². The Morgan fingerprint density at radius 1 is 1.42 bits per heavy atom. The highest BCUT2D eigenvalue weighted by Gasteiger charge is 2.39. The lowest BCUT2D eigenvalue weighted by molar-refractivity contribution is -0.130. The standard InChI is InChI=1S/C14H24N2O3/c1-19-10-12(6-9-17)16-13(18)14(11-15)7-4-2-3-5-8-14/h12,17H,2-10H2,1H3,(H,16,18). The van der Waals surface area contributed by atoms with Crippen LogP contribution in [-0.2, 0) is 9.53 Å². The van der Waals surface area contributed by atoms with Crippen LogP contribution in [-0.4, -0.2) is 37.4 Å². The van der Waals surface area contributed by atoms with Crippen molar-refractivity contribution in [2.75, 3.05) is 20.3 Å². The lowest BCUT2D eigenvalue weighted by Gasteiger charge is -2.27. The number of hydrogen-bond donors (Lipinski definition) is 2. The molecule has 0 spiro atoms. The summed E-state index contributed by atoms with van der Waals surface area (Å²) in [5, 5.41) is 21.3. The SMILES string of the molecule is COCC(CCO)NC(=O)C1(C#N)CCCCCC1. The van der Waals surface area contributed by atoms with Gasteiger partial charge in [-0.15, -0.1) is 0 Å². The lowest BCUT2D eigenvalue weighted by Crippen LogP contribution is -2.47. The molecule has 1 saturated carbocycles. The zero-order valence-corrected chi connectivity index (χ0v) is 11.7. The van der Waals surface area contributed by atoms with Gasteiger partial charge in [-0.05, 0) is 19.3 Å². The summed E-state index contributed by atoms with van der Waals surface area (Å²) in [6.07, 6.45) is 5.75. The van der Waals surface area contributed by atoms with Gasteiger partial charge >= 0.3 is 0 Å². The Morgan fingerprint density at radius 3 is 2.53 bits per heavy atom. The van der Waals surface area contributed by atoms with Crippen LogP contribution in [0.25, 0.3) is 0 Å². The molecule has 1 unspecified atom stereocenters. The molecule has 1 rings (SSSR count). The molecular formula is C14H24N2O3. The van der Waals surface area contributed by atoms with Crippen LogP contribution >= 0.6 is 0 Å². The number of aliphatic hydroxyl groups is 1. The summed E-state index contributed by atoms with van der Waals surface area (Å²) in [4.78, 5) is 12.4. The molecule has 0 radical (unpaired) electrons. The van der Waals surface area contributed by atoms with Gasteiger partial charge in [-0.1, -0.05) is 25.7 Å². The van der Waals surface area contributed by atoms with Gasteiger partial charge in [-0.3, -0.25) is 4.79 Å². The summed E-state index contributed by atoms with van der Waals surface area (Å²) in [5.74, 6) is -0.201. The first kappa shape index (κ1) is 15.9. The molecular weight excluding hydrogens is 244 g/mol. The van der Waals surface area contributed by atoms with E-state index in [4.69, 9.17) is 9.84 Å². The quantitative estimate of drug-likeness (QED) is 0.713. The molecule has 5 nitrogen and oxygen atoms in total. The maximum Gasteiger partial charge on any atom is 0.240 e. The predicted octanol–water partition coefficient (Wildman–Crippen LogP) is 1.36. The second kappa shape index (κ2) is 8.13. The normalized spacial score (nSPS) is 20.1. The van der Waals surface area contributed by atoms with Crippen molar-refractivity contribution in [3.8, 4) is 6.07 Å². The van der Waals surface area contributed by atoms with E-state index in [0.29, 0.717) is 25.9 Å². The minimum Gasteiger partial charge on any atom is -0.396 e. The van der Waals surface area contributed by atoms with Gasteiger partial charge in [-0.25, -0.2) is 0 Å². The lowest BCUT2D eigenvalue weighted by atomic mass is 9.80. The minimum atomic E-state index is -0.891. The van der Waals surface area contributed by atoms with E-state index >= 15 is 0 Å². The van der Waals surface area contributed by atoms with Crippen LogP contribution in [0, 0.1) is 16.7 Å². The molecule has 1 fully saturated rings. The molecule has 1 aliphatic carbocycles. The average molecular weight is 268 g/mol. The summed E-state index contributed by atoms with van der Waals surface area (Å²) in [7, 11) is 1.56. The molecule has 2 N–H and O–H groups in total. The fourth-order valence-corrected chi connectivity index (χ4v) is 2.60. The molecule has 108 valence electrons. The van der Waals surface area contributed by atoms with Crippen LogP contribution in [0.2, 0.25) is 0 Å². The van der Waals surface area contributed by atoms with E-state index in [-0.39, 0.29) is 18.6 Å². The molecule has 0 heterocycles. The summed E-state index contributed by atoms with van der Waals surface area (Å²) < 4.78 is 5.03. The largest absolute Gasteiger partial charge is 0.396 e. The molecule has 0 saturated heterocycles. The molecule has 5 heteroatoms. The Bertz CT molecular complexity index is 311. The maximum absolute atomic E-state index is 12.4. The third-order valence-corrected chi connectivity index (χ3v) is 3.79. The van der Waals surface area contributed by atoms with E-state index < -0.39 is 5.41 Å². The highest BCUT2D eigenvalue weighted by Crippen LogP contribution is 2.34. The minimum absolute atomic E-state index is 0.00609. The zero-order chi connectivity index (χ0) is 14.1. The first-order valence-electron chi connectivity index (χ1n) is 7.00. The van der Waals surface area contributed by atoms with Crippen LogP contribution in [0.4, 0.5) is 0 Å². The molecule has 1 amide bonds. The number of rotatable bonds is 6. The second-order valence-electron chi connectivity index (χ2n) is 5.25. The van der Waals surface area contributed by atoms with Gasteiger partial charge in [0.1, 0.15) is 5.41 Å². The summed E-state index contributed by atoms with van der Waals surface area (Å²) in [6.45, 7) is 0.349. The number of carbonyl (C=O) groups excluding carboxylic acids is 1. The van der Waals surface area contributed by atoms with Gasteiger partial charge in [0.05, 0.1) is 18.7 Å². The number of methoxy groups -OCH3 is 1. The first-order valence-corrected chi connectivity index (χ1v) is 7.00. The Hall–Kier alpha value is -1.12. The summed E-state index contributed by atoms with van der Waals surface area (Å²) >= 11 is 0. The van der Waals surface area contributed by atoms with Crippen molar-refractivity contribution in [1.29, 1.82) is 5.26 Å². The van der Waals surface area contributed by atoms with Crippen LogP contribution in [0.15, 0.2) is 0 Å². The second-order valence-corrected chi connectivity index (χ2v) is 5.25. The average Bonchev–Trinajstić information content (AvgIpc) is 2.65. The van der Waals surface area contributed by atoms with Gasteiger partial charge in [0.15, 0.2) is 0 Å². The third-order valence-electron chi connectivity index (χ3n) is 3.79. The number of hydrogen-bond acceptors (Lipinski definition) is 4. The van der Waals surface area contributed by atoms with Gasteiger partial charge < -0.3 is 15.2 Å². The van der Waals surface area contributed by atoms with Crippen molar-refractivity contribution in [3.05, 3.63) is 0 Å². The molecule has 19 heavy (non-hydrogen) atoms. The fourth-order valence-electron chi connectivity index (χ4n) is 2.60. The van der Waals surface area contributed by atoms with Gasteiger partial charge in [0.25, 0.3) is 0 Å². The van der Waals surface area contributed by atoms with Gasteiger partial charge in [0, 0.05) is 13.7 Å². The molecule has 0 aromatic carbocycles. The fraction of sp³-hybridized carbons (Fsp3) is 0.857. The van der Waals surface area contributed by atoms with Crippen molar-refractivity contribution in [2.24, 2.45) is 5.41 Å². The first-order chi connectivity index (χ1) is 9.18. The number of nitrogens with zero attached hydrogens (tertiary/aromatic N) is 1. The van der Waals surface area contributed by atoms with Crippen LogP contribution in [0.5, 0.6) is 0 Å². The molecule has 0 aromatic heterocycles. The van der Waals surface area contributed by atoms with E-state index in [1.54, 1.807) is 7.11 Å². The summed E-state index contributed by atoms with van der Waals surface area (Å²) in [5.41, 5.74) is -0.891. The monoisotopic (exact) mass is 268 g/mol. The number of nitriles is 1. The molecule has 1 atom stereocenters. The Morgan fingerprint density at radius 2 is 2.05 bits per heavy atom. The number of aliphatic hydroxyl groups excluding tert-OH is 1. The molecule has 0 aromatic rings. The Labute approximate surface area is 114 Å². The van der Waals surface area contributed by atoms with E-state index in [2.05, 4.69) is 11.4 Å². The number of carbonyl (C=O) groups is 1. The molecule has 0 bridgehead atoms. The summed E-state index contributed by atoms with van der Waals surface area (Å²) in [6, 6.07) is 2.01. The number of ether oxygens (including phenoxy) is 1. The van der Waals surface area contributed by atoms with Crippen molar-refractivity contribution in [2.45, 2.75) is 51.0 Å². The third kappa shape index (κ3) is 4.48. The molecule has 1 aliphatic rings. The smallest absolute Gasteiger partial charge is 0.240 e. The van der Waals surface area contributed by atoms with E-state index in [0.717, 1.165) is 25.7 Å². The topological polar surface area (TPSA) is 82.3 Å². The molecule has 0 aliphatic heterocycles. The predicted molar refractivity (Wildman–Crippen MR) is 71.3 cm³/mol. The van der Waals surface area contributed by atoms with Crippen molar-refractivity contribution >= 4 is 5.91 Å². The highest BCUT2D eigenvalue weighted by atomic mass is 16.5. The van der Waals surface area contributed by atoms with Crippen LogP contribution in [0.1, 0.15) is 44.9 Å². The Kier molecular flexibility index (Phi) is 6.82. The number of nitrogens with one attached hydrogen (secondary N) is 1. The van der Waals surface area contributed by atoms with Crippen molar-refractivity contribution in [1.82, 2.24) is 5.32 Å². The van der Waals surface area contributed by atoms with E-state index in [1.165, 1.54) is 0 Å². The van der Waals surface area contributed by atoms with Crippen LogP contribution < -0.4 is 5.32 Å². The highest BCUT2D eigenvalue weighted by molar-refractivity contribution is 5.85. The number of amides is 1. The maximum atomic E-state index is 12.4. The Balaban J connectivity index is 2.68. The van der Waals surface area contributed by atoms with E-state index in [1.807, 2.05) is 0 Å². The van der Waals surface area contributed by atoms with Crippen molar-refractivity contribution < 1.29 is 14.6 Å².